The van der Waals surface area contributed by atoms with E-state index in [-0.39, 0.29) is 18.1 Å². The summed E-state index contributed by atoms with van der Waals surface area (Å²) in [5.41, 5.74) is 0.289. The summed E-state index contributed by atoms with van der Waals surface area (Å²) in [5.74, 6) is -1.94. The van der Waals surface area contributed by atoms with Crippen molar-refractivity contribution in [2.24, 2.45) is 0 Å². The number of carboxylic acid groups (broad SMARTS) is 1. The van der Waals surface area contributed by atoms with Gasteiger partial charge in [-0.1, -0.05) is 5.21 Å². The average Bonchev–Trinajstić information content (AvgIpc) is 2.87. The van der Waals surface area contributed by atoms with Crippen LogP contribution in [0, 0.1) is 5.82 Å². The van der Waals surface area contributed by atoms with Gasteiger partial charge in [0, 0.05) is 12.7 Å². The second-order valence-electron chi connectivity index (χ2n) is 4.04. The van der Waals surface area contributed by atoms with Gasteiger partial charge in [0.1, 0.15) is 12.4 Å². The highest BCUT2D eigenvalue weighted by Gasteiger charge is 2.14. The molecule has 0 aliphatic rings. The van der Waals surface area contributed by atoms with E-state index in [0.29, 0.717) is 5.69 Å². The predicted octanol–water partition coefficient (Wildman–Crippen LogP) is 0.778. The molecule has 0 bridgehead atoms. The molecule has 0 saturated carbocycles. The highest BCUT2D eigenvalue weighted by atomic mass is 19.1. The number of likely N-dealkylation sites (N-methyl/N-ethyl adjacent to an activating group) is 1. The topological polar surface area (TPSA) is 88.3 Å². The molecule has 1 N–H and O–H groups in total. The Hall–Kier alpha value is -2.77. The minimum absolute atomic E-state index is 0.159. The number of rotatable bonds is 4. The van der Waals surface area contributed by atoms with Crippen molar-refractivity contribution in [2.45, 2.75) is 6.54 Å². The molecular formula is C12H11FN4O3. The molecule has 0 saturated heterocycles. The van der Waals surface area contributed by atoms with Gasteiger partial charge in [-0.3, -0.25) is 4.79 Å². The lowest BCUT2D eigenvalue weighted by Crippen LogP contribution is -2.30. The molecule has 1 heterocycles. The Morgan fingerprint density at radius 2 is 2.00 bits per heavy atom. The van der Waals surface area contributed by atoms with E-state index in [2.05, 4.69) is 10.3 Å². The molecule has 0 spiro atoms. The molecular weight excluding hydrogens is 267 g/mol. The van der Waals surface area contributed by atoms with E-state index in [1.807, 2.05) is 0 Å². The molecule has 0 aliphatic carbocycles. The lowest BCUT2D eigenvalue weighted by molar-refractivity contribution is -0.119. The zero-order valence-corrected chi connectivity index (χ0v) is 10.5. The Labute approximate surface area is 113 Å². The van der Waals surface area contributed by atoms with Gasteiger partial charge in [0.15, 0.2) is 5.69 Å². The number of anilines is 1. The highest BCUT2D eigenvalue weighted by Crippen LogP contribution is 2.13. The monoisotopic (exact) mass is 278 g/mol. The number of carboxylic acids is 1. The van der Waals surface area contributed by atoms with Crippen LogP contribution in [0.5, 0.6) is 0 Å². The zero-order chi connectivity index (χ0) is 14.7. The lowest BCUT2D eigenvalue weighted by atomic mass is 10.3. The van der Waals surface area contributed by atoms with E-state index in [4.69, 9.17) is 5.11 Å². The van der Waals surface area contributed by atoms with Crippen LogP contribution in [0.4, 0.5) is 10.1 Å². The molecule has 1 amide bonds. The van der Waals surface area contributed by atoms with Crippen molar-refractivity contribution in [3.05, 3.63) is 42.0 Å². The van der Waals surface area contributed by atoms with Gasteiger partial charge in [0.2, 0.25) is 5.91 Å². The third kappa shape index (κ3) is 2.97. The van der Waals surface area contributed by atoms with Crippen LogP contribution < -0.4 is 4.90 Å². The maximum Gasteiger partial charge on any atom is 0.358 e. The van der Waals surface area contributed by atoms with Crippen molar-refractivity contribution in [3.63, 3.8) is 0 Å². The fourth-order valence-corrected chi connectivity index (χ4v) is 1.53. The first kappa shape index (κ1) is 13.7. The van der Waals surface area contributed by atoms with Crippen molar-refractivity contribution < 1.29 is 19.1 Å². The number of amides is 1. The number of halogens is 1. The van der Waals surface area contributed by atoms with E-state index >= 15 is 0 Å². The molecule has 0 aliphatic heterocycles. The van der Waals surface area contributed by atoms with Gasteiger partial charge in [-0.05, 0) is 24.3 Å². The van der Waals surface area contributed by atoms with Gasteiger partial charge in [-0.15, -0.1) is 5.10 Å². The van der Waals surface area contributed by atoms with Crippen LogP contribution in [0.25, 0.3) is 0 Å². The largest absolute Gasteiger partial charge is 0.476 e. The third-order valence-corrected chi connectivity index (χ3v) is 2.64. The second kappa shape index (κ2) is 5.47. The SMILES string of the molecule is CN(C(=O)Cn1cc(C(=O)O)nn1)c1ccc(F)cc1. The number of benzene rings is 1. The van der Waals surface area contributed by atoms with E-state index in [1.165, 1.54) is 42.4 Å². The van der Waals surface area contributed by atoms with E-state index in [9.17, 15) is 14.0 Å². The van der Waals surface area contributed by atoms with Crippen molar-refractivity contribution in [1.29, 1.82) is 0 Å². The van der Waals surface area contributed by atoms with Crippen LogP contribution in [0.3, 0.4) is 0 Å². The first-order valence-corrected chi connectivity index (χ1v) is 5.63. The summed E-state index contributed by atoms with van der Waals surface area (Å²) in [7, 11) is 1.53. The standard InChI is InChI=1S/C12H11FN4O3/c1-16(9-4-2-8(13)3-5-9)11(18)7-17-6-10(12(19)20)14-15-17/h2-6H,7H2,1H3,(H,19,20). The second-order valence-corrected chi connectivity index (χ2v) is 4.04. The molecule has 20 heavy (non-hydrogen) atoms. The molecule has 0 fully saturated rings. The quantitative estimate of drug-likeness (QED) is 0.892. The number of nitrogens with zero attached hydrogens (tertiary/aromatic N) is 4. The van der Waals surface area contributed by atoms with Gasteiger partial charge in [-0.2, -0.15) is 0 Å². The van der Waals surface area contributed by atoms with E-state index in [0.717, 1.165) is 4.68 Å². The molecule has 0 atom stereocenters. The number of carbonyl (C=O) groups is 2. The van der Waals surface area contributed by atoms with Crippen molar-refractivity contribution in [2.75, 3.05) is 11.9 Å². The van der Waals surface area contributed by atoms with Crippen LogP contribution in [0.15, 0.2) is 30.5 Å². The smallest absolute Gasteiger partial charge is 0.358 e. The lowest BCUT2D eigenvalue weighted by Gasteiger charge is -2.16. The maximum atomic E-state index is 12.8. The van der Waals surface area contributed by atoms with Gasteiger partial charge in [0.25, 0.3) is 0 Å². The number of hydrogen-bond donors (Lipinski definition) is 1. The normalized spacial score (nSPS) is 10.3. The number of carbonyl (C=O) groups excluding carboxylic acids is 1. The average molecular weight is 278 g/mol. The Morgan fingerprint density at radius 1 is 1.35 bits per heavy atom. The maximum absolute atomic E-state index is 12.8. The fourth-order valence-electron chi connectivity index (χ4n) is 1.53. The molecule has 1 aromatic heterocycles. The minimum Gasteiger partial charge on any atom is -0.476 e. The van der Waals surface area contributed by atoms with Gasteiger partial charge < -0.3 is 10.0 Å². The summed E-state index contributed by atoms with van der Waals surface area (Å²) in [6, 6.07) is 5.43. The Balaban J connectivity index is 2.07. The molecule has 7 nitrogen and oxygen atoms in total. The van der Waals surface area contributed by atoms with Crippen molar-refractivity contribution in [3.8, 4) is 0 Å². The Kier molecular flexibility index (Phi) is 3.74. The summed E-state index contributed by atoms with van der Waals surface area (Å²) in [6.07, 6.45) is 1.17. The molecule has 1 aromatic carbocycles. The summed E-state index contributed by atoms with van der Waals surface area (Å²) in [5, 5.41) is 15.7. The number of aromatic carboxylic acids is 1. The zero-order valence-electron chi connectivity index (χ0n) is 10.5. The summed E-state index contributed by atoms with van der Waals surface area (Å²) in [4.78, 5) is 23.9. The molecule has 0 unspecified atom stereocenters. The first-order chi connectivity index (χ1) is 9.47. The predicted molar refractivity (Wildman–Crippen MR) is 66.8 cm³/mol. The highest BCUT2D eigenvalue weighted by molar-refractivity contribution is 5.92. The molecule has 104 valence electrons. The molecule has 0 radical (unpaired) electrons. The summed E-state index contributed by atoms with van der Waals surface area (Å²) >= 11 is 0. The van der Waals surface area contributed by atoms with Crippen molar-refractivity contribution in [1.82, 2.24) is 15.0 Å². The van der Waals surface area contributed by atoms with Gasteiger partial charge in [0.05, 0.1) is 6.20 Å². The van der Waals surface area contributed by atoms with Crippen LogP contribution >= 0.6 is 0 Å². The first-order valence-electron chi connectivity index (χ1n) is 5.63. The van der Waals surface area contributed by atoms with Crippen molar-refractivity contribution >= 4 is 17.6 Å². The fraction of sp³-hybridized carbons (Fsp3) is 0.167. The molecule has 8 heteroatoms. The van der Waals surface area contributed by atoms with Crippen LogP contribution in [0.2, 0.25) is 0 Å². The van der Waals surface area contributed by atoms with Crippen LogP contribution in [-0.2, 0) is 11.3 Å². The minimum atomic E-state index is -1.21. The van der Waals surface area contributed by atoms with E-state index < -0.39 is 11.8 Å². The van der Waals surface area contributed by atoms with Crippen LogP contribution in [-0.4, -0.2) is 39.0 Å². The molecule has 2 aromatic rings. The molecule has 2 rings (SSSR count). The number of hydrogen-bond acceptors (Lipinski definition) is 4. The Bertz CT molecular complexity index is 638. The van der Waals surface area contributed by atoms with Crippen LogP contribution in [0.1, 0.15) is 10.5 Å². The third-order valence-electron chi connectivity index (χ3n) is 2.64. The Morgan fingerprint density at radius 3 is 2.55 bits per heavy atom. The number of aromatic nitrogens is 3. The van der Waals surface area contributed by atoms with Gasteiger partial charge in [-0.25, -0.2) is 13.9 Å². The summed E-state index contributed by atoms with van der Waals surface area (Å²) < 4.78 is 13.9. The summed E-state index contributed by atoms with van der Waals surface area (Å²) in [6.45, 7) is -0.159. The van der Waals surface area contributed by atoms with E-state index in [1.54, 1.807) is 0 Å². The van der Waals surface area contributed by atoms with Gasteiger partial charge >= 0.3 is 5.97 Å².